The molecule has 0 spiro atoms. The summed E-state index contributed by atoms with van der Waals surface area (Å²) in [6.45, 7) is 3.35. The van der Waals surface area contributed by atoms with Gasteiger partial charge in [0.1, 0.15) is 5.69 Å². The summed E-state index contributed by atoms with van der Waals surface area (Å²) in [5, 5.41) is 3.06. The number of thiazole rings is 1. The fraction of sp³-hybridized carbons (Fsp3) is 0.536. The number of amides is 1. The number of carbonyl (C=O) groups excluding carboxylic acids is 1. The molecule has 2 N–H and O–H groups in total. The zero-order valence-electron chi connectivity index (χ0n) is 23.5. The summed E-state index contributed by atoms with van der Waals surface area (Å²) in [6.07, 6.45) is 13.5. The molecule has 0 bridgehead atoms. The van der Waals surface area contributed by atoms with Crippen LogP contribution >= 0.6 is 11.3 Å². The van der Waals surface area contributed by atoms with Crippen LogP contribution in [0, 0.1) is 0 Å². The Morgan fingerprint density at radius 3 is 2.73 bits per heavy atom. The Morgan fingerprint density at radius 2 is 1.95 bits per heavy atom. The summed E-state index contributed by atoms with van der Waals surface area (Å²) in [5.74, 6) is 0.0907. The van der Waals surface area contributed by atoms with Crippen molar-refractivity contribution < 1.29 is 17.9 Å². The van der Waals surface area contributed by atoms with Gasteiger partial charge in [0, 0.05) is 18.4 Å². The van der Waals surface area contributed by atoms with E-state index >= 15 is 0 Å². The summed E-state index contributed by atoms with van der Waals surface area (Å²) in [7, 11) is -1.39. The molecule has 5 rings (SSSR count). The molecular formula is C28H37N7O4S2. The van der Waals surface area contributed by atoms with Crippen LogP contribution in [0.25, 0.3) is 10.6 Å². The van der Waals surface area contributed by atoms with Crippen LogP contribution in [0.4, 0.5) is 5.69 Å². The molecule has 41 heavy (non-hydrogen) atoms. The van der Waals surface area contributed by atoms with Crippen LogP contribution in [0.5, 0.6) is 5.88 Å². The maximum Gasteiger partial charge on any atom is 0.280 e. The van der Waals surface area contributed by atoms with Gasteiger partial charge in [-0.25, -0.2) is 18.4 Å². The van der Waals surface area contributed by atoms with Crippen molar-refractivity contribution in [3.63, 3.8) is 0 Å². The molecule has 0 aromatic carbocycles. The molecule has 4 heterocycles. The van der Waals surface area contributed by atoms with Gasteiger partial charge in [0.25, 0.3) is 5.91 Å². The van der Waals surface area contributed by atoms with Gasteiger partial charge in [-0.05, 0) is 64.8 Å². The minimum atomic E-state index is -3.49. The summed E-state index contributed by atoms with van der Waals surface area (Å²) < 4.78 is 34.1. The number of anilines is 1. The van der Waals surface area contributed by atoms with Crippen LogP contribution in [0.15, 0.2) is 36.9 Å². The largest absolute Gasteiger partial charge is 0.477 e. The Morgan fingerprint density at radius 1 is 1.15 bits per heavy atom. The number of sulfonamides is 1. The predicted molar refractivity (Wildman–Crippen MR) is 158 cm³/mol. The number of ether oxygens (including phenoxy) is 1. The Hall–Kier alpha value is -3.16. The van der Waals surface area contributed by atoms with Crippen LogP contribution in [0.2, 0.25) is 0 Å². The molecule has 0 radical (unpaired) electrons. The minimum Gasteiger partial charge on any atom is -0.477 e. The molecule has 1 aliphatic heterocycles. The van der Waals surface area contributed by atoms with Crippen molar-refractivity contribution in [3.8, 4) is 16.5 Å². The molecule has 1 aliphatic carbocycles. The standard InChI is InChI=1S/C28H37N7O4S2/c1-3-39-26-18-29-16-24(32-26)25-17-31-28(40-25)27(36)33-23(15-20-8-6-7-13-35(20)2)22-14-19(11-12-30-22)34-41(37,38)21-9-4-5-10-21/h11-12,14,16-18,20-21,23H,3-10,13,15H2,1-2H3,(H,30,34)(H,33,36)/t20-,23+/m1/s1. The van der Waals surface area contributed by atoms with Crippen LogP contribution in [0.3, 0.4) is 0 Å². The van der Waals surface area contributed by atoms with Crippen LogP contribution in [-0.2, 0) is 10.0 Å². The van der Waals surface area contributed by atoms with E-state index in [9.17, 15) is 13.2 Å². The van der Waals surface area contributed by atoms with Gasteiger partial charge in [-0.3, -0.25) is 19.5 Å². The molecule has 13 heteroatoms. The van der Waals surface area contributed by atoms with E-state index in [2.05, 4.69) is 41.9 Å². The highest BCUT2D eigenvalue weighted by Crippen LogP contribution is 2.30. The molecule has 1 saturated carbocycles. The normalized spacial score (nSPS) is 19.1. The van der Waals surface area contributed by atoms with Crippen molar-refractivity contribution in [2.45, 2.75) is 75.6 Å². The van der Waals surface area contributed by atoms with E-state index < -0.39 is 16.1 Å². The Bertz CT molecular complexity index is 1440. The molecule has 3 aromatic heterocycles. The second kappa shape index (κ2) is 13.2. The maximum atomic E-state index is 13.5. The van der Waals surface area contributed by atoms with Crippen molar-refractivity contribution in [3.05, 3.63) is 47.6 Å². The van der Waals surface area contributed by atoms with Crippen LogP contribution in [-0.4, -0.2) is 70.7 Å². The van der Waals surface area contributed by atoms with Gasteiger partial charge in [-0.1, -0.05) is 19.3 Å². The molecule has 2 fully saturated rings. The summed E-state index contributed by atoms with van der Waals surface area (Å²) >= 11 is 1.23. The average molecular weight is 600 g/mol. The molecule has 3 aromatic rings. The summed E-state index contributed by atoms with van der Waals surface area (Å²) in [4.78, 5) is 34.1. The number of pyridine rings is 1. The molecule has 1 saturated heterocycles. The number of nitrogens with one attached hydrogen (secondary N) is 2. The number of hydrogen-bond donors (Lipinski definition) is 2. The van der Waals surface area contributed by atoms with Crippen molar-refractivity contribution in [1.29, 1.82) is 0 Å². The van der Waals surface area contributed by atoms with Crippen molar-refractivity contribution >= 4 is 33.0 Å². The zero-order chi connectivity index (χ0) is 28.8. The third-order valence-electron chi connectivity index (χ3n) is 7.73. The monoisotopic (exact) mass is 599 g/mol. The lowest BCUT2D eigenvalue weighted by atomic mass is 9.94. The van der Waals surface area contributed by atoms with Crippen LogP contribution in [0.1, 0.15) is 79.8 Å². The number of likely N-dealkylation sites (tertiary alicyclic amines) is 1. The molecule has 2 atom stereocenters. The van der Waals surface area contributed by atoms with E-state index in [0.717, 1.165) is 38.6 Å². The van der Waals surface area contributed by atoms with E-state index in [0.29, 0.717) is 58.7 Å². The Balaban J connectivity index is 1.36. The average Bonchev–Trinajstić information content (AvgIpc) is 3.68. The van der Waals surface area contributed by atoms with E-state index in [1.54, 1.807) is 36.9 Å². The first-order valence-electron chi connectivity index (χ1n) is 14.2. The second-order valence-electron chi connectivity index (χ2n) is 10.6. The highest BCUT2D eigenvalue weighted by molar-refractivity contribution is 7.93. The van der Waals surface area contributed by atoms with Gasteiger partial charge >= 0.3 is 0 Å². The minimum absolute atomic E-state index is 0.262. The van der Waals surface area contributed by atoms with Crippen LogP contribution < -0.4 is 14.8 Å². The summed E-state index contributed by atoms with van der Waals surface area (Å²) in [5.41, 5.74) is 1.65. The quantitative estimate of drug-likeness (QED) is 0.328. The maximum absolute atomic E-state index is 13.5. The van der Waals surface area contributed by atoms with Gasteiger partial charge in [-0.2, -0.15) is 0 Å². The van der Waals surface area contributed by atoms with Crippen molar-refractivity contribution in [2.75, 3.05) is 24.9 Å². The predicted octanol–water partition coefficient (Wildman–Crippen LogP) is 4.42. The first kappa shape index (κ1) is 29.3. The lowest BCUT2D eigenvalue weighted by Crippen LogP contribution is -2.40. The van der Waals surface area contributed by atoms with Gasteiger partial charge in [0.15, 0.2) is 5.01 Å². The van der Waals surface area contributed by atoms with E-state index in [-0.39, 0.29) is 17.2 Å². The lowest BCUT2D eigenvalue weighted by Gasteiger charge is -2.35. The number of piperidine rings is 1. The molecule has 0 unspecified atom stereocenters. The van der Waals surface area contributed by atoms with Gasteiger partial charge < -0.3 is 15.0 Å². The fourth-order valence-corrected chi connectivity index (χ4v) is 7.87. The Labute approximate surface area is 245 Å². The lowest BCUT2D eigenvalue weighted by molar-refractivity contribution is 0.0915. The highest BCUT2D eigenvalue weighted by atomic mass is 32.2. The zero-order valence-corrected chi connectivity index (χ0v) is 25.1. The third kappa shape index (κ3) is 7.38. The molecule has 2 aliphatic rings. The van der Waals surface area contributed by atoms with E-state index in [1.807, 2.05) is 6.92 Å². The molecular weight excluding hydrogens is 562 g/mol. The van der Waals surface area contributed by atoms with Crippen molar-refractivity contribution in [2.24, 2.45) is 0 Å². The van der Waals surface area contributed by atoms with Gasteiger partial charge in [0.2, 0.25) is 15.9 Å². The first-order valence-corrected chi connectivity index (χ1v) is 16.6. The van der Waals surface area contributed by atoms with Crippen molar-refractivity contribution in [1.82, 2.24) is 30.2 Å². The highest BCUT2D eigenvalue weighted by Gasteiger charge is 2.30. The SMILES string of the molecule is CCOc1cncc(-c2cnc(C(=O)N[C@@H](C[C@H]3CCCCN3C)c3cc(NS(=O)(=O)C4CCCC4)ccn3)s2)n1. The number of carbonyl (C=O) groups is 1. The third-order valence-corrected chi connectivity index (χ3v) is 10.6. The second-order valence-corrected chi connectivity index (χ2v) is 13.6. The number of rotatable bonds is 11. The number of nitrogens with zero attached hydrogens (tertiary/aromatic N) is 5. The smallest absolute Gasteiger partial charge is 0.280 e. The molecule has 220 valence electrons. The molecule has 1 amide bonds. The summed E-state index contributed by atoms with van der Waals surface area (Å²) in [6, 6.07) is 3.23. The number of hydrogen-bond acceptors (Lipinski definition) is 10. The van der Waals surface area contributed by atoms with E-state index in [4.69, 9.17) is 4.74 Å². The van der Waals surface area contributed by atoms with Gasteiger partial charge in [-0.15, -0.1) is 11.3 Å². The molecule has 11 nitrogen and oxygen atoms in total. The van der Waals surface area contributed by atoms with Gasteiger partial charge in [0.05, 0.1) is 46.6 Å². The first-order chi connectivity index (χ1) is 19.8. The number of aromatic nitrogens is 4. The fourth-order valence-electron chi connectivity index (χ4n) is 5.52. The van der Waals surface area contributed by atoms with E-state index in [1.165, 1.54) is 11.3 Å². The topological polar surface area (TPSA) is 139 Å². The Kier molecular flexibility index (Phi) is 9.46.